The van der Waals surface area contributed by atoms with E-state index < -0.39 is 11.7 Å². The maximum absolute atomic E-state index is 13.6. The monoisotopic (exact) mass is 561 g/mol. The molecule has 2 N–H and O–H groups in total. The molecular formula is C30H30F3N7O. The van der Waals surface area contributed by atoms with Gasteiger partial charge in [0.15, 0.2) is 0 Å². The van der Waals surface area contributed by atoms with E-state index in [1.54, 1.807) is 22.9 Å². The van der Waals surface area contributed by atoms with Crippen LogP contribution in [0.2, 0.25) is 0 Å². The number of nitrogens with one attached hydrogen (secondary N) is 2. The van der Waals surface area contributed by atoms with Crippen LogP contribution in [-0.4, -0.2) is 56.0 Å². The SMILES string of the molecule is C[C@H](Nc1nccc(-n2cc(C(=O)N[C@@H]3CN4CCC3CC4)nc2-c2cccc(C(F)(F)F)c2)n1)c1ccccc1. The lowest BCUT2D eigenvalue weighted by atomic mass is 9.84. The first kappa shape index (κ1) is 26.9. The summed E-state index contributed by atoms with van der Waals surface area (Å²) < 4.78 is 42.2. The first-order valence-corrected chi connectivity index (χ1v) is 13.7. The van der Waals surface area contributed by atoms with Crippen molar-refractivity contribution in [3.63, 3.8) is 0 Å². The van der Waals surface area contributed by atoms with Crippen molar-refractivity contribution < 1.29 is 18.0 Å². The van der Waals surface area contributed by atoms with Gasteiger partial charge in [0.1, 0.15) is 17.3 Å². The van der Waals surface area contributed by atoms with Crippen molar-refractivity contribution in [2.45, 2.75) is 38.0 Å². The van der Waals surface area contributed by atoms with Gasteiger partial charge >= 0.3 is 6.18 Å². The van der Waals surface area contributed by atoms with Crippen molar-refractivity contribution in [1.82, 2.24) is 29.7 Å². The molecule has 4 aromatic rings. The molecule has 41 heavy (non-hydrogen) atoms. The summed E-state index contributed by atoms with van der Waals surface area (Å²) in [4.78, 5) is 29.2. The van der Waals surface area contributed by atoms with Gasteiger partial charge in [-0.3, -0.25) is 9.36 Å². The summed E-state index contributed by atoms with van der Waals surface area (Å²) in [6, 6.07) is 16.3. The third kappa shape index (κ3) is 5.81. The standard InChI is InChI=1S/C30H30F3N7O/c1-19(20-6-3-2-4-7-20)35-29-34-13-10-26(38-29)40-18-25(28(41)37-24-17-39-14-11-21(24)12-15-39)36-27(40)22-8-5-9-23(16-22)30(31,32)33/h2-10,13,16,18-19,21,24H,11-12,14-15,17H2,1H3,(H,37,41)(H,34,35,38)/t19-,24+/m0/s1. The van der Waals surface area contributed by atoms with Gasteiger partial charge in [-0.25, -0.2) is 9.97 Å². The summed E-state index contributed by atoms with van der Waals surface area (Å²) in [5.41, 5.74) is 0.567. The summed E-state index contributed by atoms with van der Waals surface area (Å²) >= 11 is 0. The number of benzene rings is 2. The Morgan fingerprint density at radius 2 is 1.80 bits per heavy atom. The van der Waals surface area contributed by atoms with Crippen LogP contribution in [0.15, 0.2) is 73.1 Å². The van der Waals surface area contributed by atoms with Gasteiger partial charge in [-0.05, 0) is 62.5 Å². The quantitative estimate of drug-likeness (QED) is 0.317. The van der Waals surface area contributed by atoms with Gasteiger partial charge in [-0.2, -0.15) is 18.2 Å². The molecule has 11 heteroatoms. The van der Waals surface area contributed by atoms with E-state index in [1.807, 2.05) is 37.3 Å². The van der Waals surface area contributed by atoms with Crippen LogP contribution in [0.4, 0.5) is 19.1 Å². The molecule has 0 radical (unpaired) electrons. The van der Waals surface area contributed by atoms with Crippen LogP contribution in [0.25, 0.3) is 17.2 Å². The number of amides is 1. The van der Waals surface area contributed by atoms with E-state index in [1.165, 1.54) is 12.3 Å². The van der Waals surface area contributed by atoms with E-state index >= 15 is 0 Å². The molecule has 2 aromatic carbocycles. The summed E-state index contributed by atoms with van der Waals surface area (Å²) in [6.45, 7) is 4.85. The molecule has 212 valence electrons. The van der Waals surface area contributed by atoms with Crippen LogP contribution >= 0.6 is 0 Å². The van der Waals surface area contributed by atoms with Crippen LogP contribution in [0, 0.1) is 5.92 Å². The van der Waals surface area contributed by atoms with Crippen molar-refractivity contribution in [3.05, 3.63) is 89.9 Å². The Morgan fingerprint density at radius 1 is 1.02 bits per heavy atom. The molecule has 3 saturated heterocycles. The fraction of sp³-hybridized carbons (Fsp3) is 0.333. The Morgan fingerprint density at radius 3 is 2.51 bits per heavy atom. The lowest BCUT2D eigenvalue weighted by Crippen LogP contribution is -2.57. The molecule has 8 nitrogen and oxygen atoms in total. The average molecular weight is 562 g/mol. The van der Waals surface area contributed by atoms with Gasteiger partial charge in [0.05, 0.1) is 11.6 Å². The van der Waals surface area contributed by atoms with Crippen LogP contribution in [0.5, 0.6) is 0 Å². The van der Waals surface area contributed by atoms with E-state index in [4.69, 9.17) is 0 Å². The maximum atomic E-state index is 13.6. The van der Waals surface area contributed by atoms with Crippen LogP contribution in [0.3, 0.4) is 0 Å². The second kappa shape index (κ2) is 11.0. The van der Waals surface area contributed by atoms with Crippen LogP contribution in [0.1, 0.15) is 47.4 Å². The van der Waals surface area contributed by atoms with Crippen LogP contribution in [-0.2, 0) is 6.18 Å². The summed E-state index contributed by atoms with van der Waals surface area (Å²) in [6.07, 6.45) is 0.632. The van der Waals surface area contributed by atoms with Gasteiger partial charge < -0.3 is 15.5 Å². The fourth-order valence-electron chi connectivity index (χ4n) is 5.65. The molecule has 5 heterocycles. The number of aromatic nitrogens is 4. The number of alkyl halides is 3. The van der Waals surface area contributed by atoms with Crippen molar-refractivity contribution in [2.24, 2.45) is 5.92 Å². The molecule has 3 fully saturated rings. The number of anilines is 1. The minimum Gasteiger partial charge on any atom is -0.348 e. The zero-order valence-corrected chi connectivity index (χ0v) is 22.5. The number of hydrogen-bond donors (Lipinski definition) is 2. The van der Waals surface area contributed by atoms with Gasteiger partial charge in [0.2, 0.25) is 5.95 Å². The zero-order valence-electron chi connectivity index (χ0n) is 22.5. The number of halogens is 3. The Labute approximate surface area is 235 Å². The first-order valence-electron chi connectivity index (χ1n) is 13.7. The number of imidazole rings is 1. The van der Waals surface area contributed by atoms with E-state index in [0.717, 1.165) is 50.2 Å². The summed E-state index contributed by atoms with van der Waals surface area (Å²) in [5.74, 6) is 0.929. The minimum absolute atomic E-state index is 0.0153. The Bertz CT molecular complexity index is 1530. The van der Waals surface area contributed by atoms with E-state index in [9.17, 15) is 18.0 Å². The highest BCUT2D eigenvalue weighted by molar-refractivity contribution is 5.93. The number of nitrogens with zero attached hydrogens (tertiary/aromatic N) is 5. The fourth-order valence-corrected chi connectivity index (χ4v) is 5.65. The van der Waals surface area contributed by atoms with Gasteiger partial charge in [0, 0.05) is 30.5 Å². The number of piperidine rings is 3. The first-order chi connectivity index (χ1) is 19.7. The second-order valence-electron chi connectivity index (χ2n) is 10.6. The topological polar surface area (TPSA) is 88.0 Å². The zero-order chi connectivity index (χ0) is 28.6. The second-order valence-corrected chi connectivity index (χ2v) is 10.6. The highest BCUT2D eigenvalue weighted by Gasteiger charge is 2.36. The molecule has 0 unspecified atom stereocenters. The third-order valence-electron chi connectivity index (χ3n) is 7.89. The molecule has 0 saturated carbocycles. The smallest absolute Gasteiger partial charge is 0.348 e. The largest absolute Gasteiger partial charge is 0.416 e. The van der Waals surface area contributed by atoms with Crippen molar-refractivity contribution in [1.29, 1.82) is 0 Å². The molecule has 2 atom stereocenters. The lowest BCUT2D eigenvalue weighted by Gasteiger charge is -2.44. The number of fused-ring (bicyclic) bond motifs is 3. The van der Waals surface area contributed by atoms with Crippen molar-refractivity contribution in [3.8, 4) is 17.2 Å². The van der Waals surface area contributed by atoms with Crippen LogP contribution < -0.4 is 10.6 Å². The van der Waals surface area contributed by atoms with E-state index in [2.05, 4.69) is 30.5 Å². The summed E-state index contributed by atoms with van der Waals surface area (Å²) in [7, 11) is 0. The summed E-state index contributed by atoms with van der Waals surface area (Å²) in [5, 5.41) is 6.39. The molecule has 0 aliphatic carbocycles. The predicted molar refractivity (Wildman–Crippen MR) is 148 cm³/mol. The Kier molecular flexibility index (Phi) is 7.21. The maximum Gasteiger partial charge on any atom is 0.416 e. The molecule has 1 amide bonds. The molecule has 3 aliphatic heterocycles. The Balaban J connectivity index is 1.34. The minimum atomic E-state index is -4.52. The number of hydrogen-bond acceptors (Lipinski definition) is 6. The highest BCUT2D eigenvalue weighted by Crippen LogP contribution is 2.33. The van der Waals surface area contributed by atoms with Gasteiger partial charge in [-0.1, -0.05) is 42.5 Å². The lowest BCUT2D eigenvalue weighted by molar-refractivity contribution is -0.137. The number of rotatable bonds is 7. The molecule has 2 bridgehead atoms. The number of carbonyl (C=O) groups is 1. The van der Waals surface area contributed by atoms with E-state index in [-0.39, 0.29) is 35.1 Å². The van der Waals surface area contributed by atoms with Gasteiger partial charge in [0.25, 0.3) is 5.91 Å². The molecule has 7 rings (SSSR count). The third-order valence-corrected chi connectivity index (χ3v) is 7.89. The molecule has 3 aliphatic rings. The highest BCUT2D eigenvalue weighted by atomic mass is 19.4. The van der Waals surface area contributed by atoms with E-state index in [0.29, 0.717) is 17.7 Å². The average Bonchev–Trinajstić information content (AvgIpc) is 3.44. The van der Waals surface area contributed by atoms with Crippen molar-refractivity contribution >= 4 is 11.9 Å². The Hall–Kier alpha value is -4.25. The van der Waals surface area contributed by atoms with Crippen molar-refractivity contribution in [2.75, 3.05) is 25.0 Å². The normalized spacial score (nSPS) is 20.9. The van der Waals surface area contributed by atoms with Gasteiger partial charge in [-0.15, -0.1) is 0 Å². The number of carbonyl (C=O) groups excluding carboxylic acids is 1. The molecular weight excluding hydrogens is 531 g/mol. The molecule has 2 aromatic heterocycles. The molecule has 0 spiro atoms. The predicted octanol–water partition coefficient (Wildman–Crippen LogP) is 5.35.